The summed E-state index contributed by atoms with van der Waals surface area (Å²) in [5, 5.41) is 18.6. The molecule has 96 valence electrons. The van der Waals surface area contributed by atoms with Crippen molar-refractivity contribution in [2.24, 2.45) is 0 Å². The lowest BCUT2D eigenvalue weighted by molar-refractivity contribution is -0.210. The molecular weight excluding hydrogens is 223 g/mol. The third kappa shape index (κ3) is 3.61. The van der Waals surface area contributed by atoms with Gasteiger partial charge < -0.3 is 10.2 Å². The van der Waals surface area contributed by atoms with Crippen LogP contribution in [0.15, 0.2) is 0 Å². The summed E-state index contributed by atoms with van der Waals surface area (Å²) in [5.41, 5.74) is 0. The van der Waals surface area contributed by atoms with Crippen molar-refractivity contribution in [1.82, 2.24) is 4.90 Å². The fourth-order valence-electron chi connectivity index (χ4n) is 2.12. The van der Waals surface area contributed by atoms with E-state index >= 15 is 0 Å². The number of likely N-dealkylation sites (N-methyl/N-ethyl adjacent to an activating group) is 1. The Labute approximate surface area is 92.9 Å². The molecule has 0 bridgehead atoms. The van der Waals surface area contributed by atoms with E-state index in [-0.39, 0.29) is 6.04 Å². The van der Waals surface area contributed by atoms with E-state index in [1.54, 1.807) is 0 Å². The SMILES string of the molecule is CN(CC(O)C(F)(F)F)C1CCCCC1O. The third-order valence-corrected chi connectivity index (χ3v) is 3.10. The summed E-state index contributed by atoms with van der Waals surface area (Å²) in [6.45, 7) is -0.481. The minimum Gasteiger partial charge on any atom is -0.391 e. The zero-order valence-corrected chi connectivity index (χ0v) is 9.24. The van der Waals surface area contributed by atoms with Crippen molar-refractivity contribution < 1.29 is 23.4 Å². The highest BCUT2D eigenvalue weighted by atomic mass is 19.4. The van der Waals surface area contributed by atoms with Crippen LogP contribution in [0.2, 0.25) is 0 Å². The molecule has 2 N–H and O–H groups in total. The van der Waals surface area contributed by atoms with Gasteiger partial charge in [0.25, 0.3) is 0 Å². The van der Waals surface area contributed by atoms with Gasteiger partial charge in [-0.2, -0.15) is 13.2 Å². The highest BCUT2D eigenvalue weighted by molar-refractivity contribution is 4.83. The molecule has 3 nitrogen and oxygen atoms in total. The molecule has 0 spiro atoms. The van der Waals surface area contributed by atoms with Gasteiger partial charge in [-0.1, -0.05) is 12.8 Å². The number of nitrogens with zero attached hydrogens (tertiary/aromatic N) is 1. The molecule has 1 aliphatic carbocycles. The van der Waals surface area contributed by atoms with Crippen molar-refractivity contribution in [1.29, 1.82) is 0 Å². The van der Waals surface area contributed by atoms with Crippen LogP contribution >= 0.6 is 0 Å². The molecule has 3 unspecified atom stereocenters. The van der Waals surface area contributed by atoms with Crippen molar-refractivity contribution in [3.63, 3.8) is 0 Å². The van der Waals surface area contributed by atoms with Crippen LogP contribution in [0, 0.1) is 0 Å². The largest absolute Gasteiger partial charge is 0.415 e. The summed E-state index contributed by atoms with van der Waals surface area (Å²) in [4.78, 5) is 1.40. The predicted octanol–water partition coefficient (Wildman–Crippen LogP) is 1.14. The van der Waals surface area contributed by atoms with Gasteiger partial charge in [-0.3, -0.25) is 4.90 Å². The van der Waals surface area contributed by atoms with E-state index in [0.717, 1.165) is 12.8 Å². The monoisotopic (exact) mass is 241 g/mol. The molecule has 0 amide bonds. The molecule has 6 heteroatoms. The van der Waals surface area contributed by atoms with Gasteiger partial charge in [0.15, 0.2) is 6.10 Å². The summed E-state index contributed by atoms with van der Waals surface area (Å²) in [5.74, 6) is 0. The van der Waals surface area contributed by atoms with Crippen molar-refractivity contribution in [3.8, 4) is 0 Å². The lowest BCUT2D eigenvalue weighted by atomic mass is 9.91. The first-order chi connectivity index (χ1) is 7.32. The molecule has 1 aliphatic rings. The lowest BCUT2D eigenvalue weighted by Crippen LogP contribution is -2.49. The Balaban J connectivity index is 2.47. The normalized spacial score (nSPS) is 29.4. The average molecular weight is 241 g/mol. The maximum atomic E-state index is 12.1. The minimum atomic E-state index is -4.59. The first-order valence-corrected chi connectivity index (χ1v) is 5.45. The maximum absolute atomic E-state index is 12.1. The van der Waals surface area contributed by atoms with Gasteiger partial charge in [0, 0.05) is 12.6 Å². The molecule has 1 fully saturated rings. The number of hydrogen-bond donors (Lipinski definition) is 2. The first-order valence-electron chi connectivity index (χ1n) is 5.45. The Morgan fingerprint density at radius 1 is 1.31 bits per heavy atom. The van der Waals surface area contributed by atoms with Crippen molar-refractivity contribution in [3.05, 3.63) is 0 Å². The number of alkyl halides is 3. The highest BCUT2D eigenvalue weighted by Crippen LogP contribution is 2.25. The summed E-state index contributed by atoms with van der Waals surface area (Å²) < 4.78 is 36.4. The number of aliphatic hydroxyl groups excluding tert-OH is 2. The molecule has 3 atom stereocenters. The second kappa shape index (κ2) is 5.33. The number of hydrogen-bond acceptors (Lipinski definition) is 3. The Kier molecular flexibility index (Phi) is 4.58. The van der Waals surface area contributed by atoms with E-state index in [4.69, 9.17) is 5.11 Å². The van der Waals surface area contributed by atoms with Gasteiger partial charge in [-0.15, -0.1) is 0 Å². The average Bonchev–Trinajstić information content (AvgIpc) is 2.16. The number of rotatable bonds is 3. The van der Waals surface area contributed by atoms with E-state index < -0.39 is 24.9 Å². The van der Waals surface area contributed by atoms with Gasteiger partial charge in [0.1, 0.15) is 0 Å². The van der Waals surface area contributed by atoms with Crippen LogP contribution in [0.25, 0.3) is 0 Å². The molecule has 0 aromatic rings. The fourth-order valence-corrected chi connectivity index (χ4v) is 2.12. The molecule has 0 radical (unpaired) electrons. The van der Waals surface area contributed by atoms with Crippen molar-refractivity contribution in [2.75, 3.05) is 13.6 Å². The maximum Gasteiger partial charge on any atom is 0.415 e. The molecule has 1 rings (SSSR count). The Bertz CT molecular complexity index is 223. The molecule has 0 heterocycles. The Morgan fingerprint density at radius 3 is 2.38 bits per heavy atom. The molecule has 1 saturated carbocycles. The van der Waals surface area contributed by atoms with Crippen LogP contribution in [0.5, 0.6) is 0 Å². The second-order valence-electron chi connectivity index (χ2n) is 4.42. The Hall–Kier alpha value is -0.330. The topological polar surface area (TPSA) is 43.7 Å². The van der Waals surface area contributed by atoms with Crippen LogP contribution in [0.1, 0.15) is 25.7 Å². The summed E-state index contributed by atoms with van der Waals surface area (Å²) >= 11 is 0. The molecule has 0 aromatic carbocycles. The lowest BCUT2D eigenvalue weighted by Gasteiger charge is -2.36. The molecule has 0 saturated heterocycles. The second-order valence-corrected chi connectivity index (χ2v) is 4.42. The Morgan fingerprint density at radius 2 is 1.88 bits per heavy atom. The zero-order valence-electron chi connectivity index (χ0n) is 9.24. The van der Waals surface area contributed by atoms with E-state index in [2.05, 4.69) is 0 Å². The van der Waals surface area contributed by atoms with Crippen LogP contribution in [0.4, 0.5) is 13.2 Å². The summed E-state index contributed by atoms with van der Waals surface area (Å²) in [6, 6.07) is -0.272. The molecule has 0 aliphatic heterocycles. The minimum absolute atomic E-state index is 0.272. The standard InChI is InChI=1S/C10H18F3NO2/c1-14(6-9(16)10(11,12)13)7-4-2-3-5-8(7)15/h7-9,15-16H,2-6H2,1H3. The van der Waals surface area contributed by atoms with Crippen LogP contribution < -0.4 is 0 Å². The molecule has 0 aromatic heterocycles. The predicted molar refractivity (Wildman–Crippen MR) is 53.0 cm³/mol. The van der Waals surface area contributed by atoms with Crippen LogP contribution in [-0.4, -0.2) is 53.1 Å². The van der Waals surface area contributed by atoms with Gasteiger partial charge >= 0.3 is 6.18 Å². The molecular formula is C10H18F3NO2. The number of aliphatic hydroxyl groups is 2. The van der Waals surface area contributed by atoms with Gasteiger partial charge in [0.05, 0.1) is 6.10 Å². The zero-order chi connectivity index (χ0) is 12.3. The summed E-state index contributed by atoms with van der Waals surface area (Å²) in [7, 11) is 1.51. The van der Waals surface area contributed by atoms with E-state index in [1.165, 1.54) is 11.9 Å². The van der Waals surface area contributed by atoms with Gasteiger partial charge in [-0.05, 0) is 19.9 Å². The number of halogens is 3. The smallest absolute Gasteiger partial charge is 0.391 e. The van der Waals surface area contributed by atoms with Crippen molar-refractivity contribution in [2.45, 2.75) is 50.1 Å². The van der Waals surface area contributed by atoms with Gasteiger partial charge in [0.2, 0.25) is 0 Å². The van der Waals surface area contributed by atoms with E-state index in [0.29, 0.717) is 12.8 Å². The molecule has 16 heavy (non-hydrogen) atoms. The highest BCUT2D eigenvalue weighted by Gasteiger charge is 2.40. The van der Waals surface area contributed by atoms with Gasteiger partial charge in [-0.25, -0.2) is 0 Å². The summed E-state index contributed by atoms with van der Waals surface area (Å²) in [6.07, 6.45) is -4.39. The van der Waals surface area contributed by atoms with Crippen LogP contribution in [0.3, 0.4) is 0 Å². The van der Waals surface area contributed by atoms with Crippen molar-refractivity contribution >= 4 is 0 Å². The quantitative estimate of drug-likeness (QED) is 0.779. The third-order valence-electron chi connectivity index (χ3n) is 3.10. The van der Waals surface area contributed by atoms with E-state index in [9.17, 15) is 18.3 Å². The van der Waals surface area contributed by atoms with Crippen LogP contribution in [-0.2, 0) is 0 Å². The fraction of sp³-hybridized carbons (Fsp3) is 1.00. The first kappa shape index (κ1) is 13.7. The van der Waals surface area contributed by atoms with E-state index in [1.807, 2.05) is 0 Å².